The molecule has 0 unspecified atom stereocenters. The SMILES string of the molecule is Cc1ccc(NC(=S)N(CCCO)Cc2cc3cc4c(cc3[nH]c2=O)OCO4)c(C)c1. The summed E-state index contributed by atoms with van der Waals surface area (Å²) in [6.07, 6.45) is 0.541. The van der Waals surface area contributed by atoms with Gasteiger partial charge in [0.15, 0.2) is 16.6 Å². The molecule has 0 amide bonds. The molecule has 162 valence electrons. The minimum Gasteiger partial charge on any atom is -0.454 e. The molecule has 8 heteroatoms. The van der Waals surface area contributed by atoms with Crippen molar-refractivity contribution in [2.24, 2.45) is 0 Å². The van der Waals surface area contributed by atoms with Crippen molar-refractivity contribution >= 4 is 33.9 Å². The number of aliphatic hydroxyl groups is 1. The summed E-state index contributed by atoms with van der Waals surface area (Å²) in [4.78, 5) is 17.6. The van der Waals surface area contributed by atoms with Gasteiger partial charge in [-0.25, -0.2) is 0 Å². The molecule has 31 heavy (non-hydrogen) atoms. The van der Waals surface area contributed by atoms with Gasteiger partial charge in [0.05, 0.1) is 12.1 Å². The number of H-pyrrole nitrogens is 1. The van der Waals surface area contributed by atoms with Gasteiger partial charge in [0.1, 0.15) is 0 Å². The Kier molecular flexibility index (Phi) is 6.11. The zero-order valence-corrected chi connectivity index (χ0v) is 18.3. The average Bonchev–Trinajstić information content (AvgIpc) is 3.19. The van der Waals surface area contributed by atoms with Gasteiger partial charge >= 0.3 is 0 Å². The molecule has 0 saturated carbocycles. The summed E-state index contributed by atoms with van der Waals surface area (Å²) in [5.41, 5.74) is 4.27. The highest BCUT2D eigenvalue weighted by Crippen LogP contribution is 2.35. The van der Waals surface area contributed by atoms with Crippen LogP contribution in [0.3, 0.4) is 0 Å². The Labute approximate surface area is 185 Å². The molecule has 0 saturated heterocycles. The molecule has 0 atom stereocenters. The molecule has 1 aliphatic heterocycles. The number of benzene rings is 2. The fraction of sp³-hybridized carbons (Fsp3) is 0.304. The second-order valence-corrected chi connectivity index (χ2v) is 8.05. The fourth-order valence-corrected chi connectivity index (χ4v) is 3.89. The van der Waals surface area contributed by atoms with Crippen LogP contribution in [0.1, 0.15) is 23.1 Å². The summed E-state index contributed by atoms with van der Waals surface area (Å²) in [7, 11) is 0. The van der Waals surface area contributed by atoms with Crippen molar-refractivity contribution in [1.29, 1.82) is 0 Å². The summed E-state index contributed by atoms with van der Waals surface area (Å²) in [6, 6.07) is 11.6. The Balaban J connectivity index is 1.60. The van der Waals surface area contributed by atoms with E-state index in [-0.39, 0.29) is 19.0 Å². The summed E-state index contributed by atoms with van der Waals surface area (Å²) in [5, 5.41) is 14.0. The van der Waals surface area contributed by atoms with Gasteiger partial charge in [-0.3, -0.25) is 4.79 Å². The number of fused-ring (bicyclic) bond motifs is 2. The van der Waals surface area contributed by atoms with E-state index < -0.39 is 0 Å². The Morgan fingerprint density at radius 2 is 1.97 bits per heavy atom. The highest BCUT2D eigenvalue weighted by Gasteiger charge is 2.17. The summed E-state index contributed by atoms with van der Waals surface area (Å²) in [6.45, 7) is 5.12. The van der Waals surface area contributed by atoms with Gasteiger partial charge in [0.25, 0.3) is 5.56 Å². The number of aliphatic hydroxyl groups excluding tert-OH is 1. The van der Waals surface area contributed by atoms with E-state index in [0.717, 1.165) is 16.6 Å². The topological polar surface area (TPSA) is 86.8 Å². The molecule has 3 N–H and O–H groups in total. The summed E-state index contributed by atoms with van der Waals surface area (Å²) >= 11 is 5.65. The molecule has 2 heterocycles. The first kappa shape index (κ1) is 21.1. The molecule has 1 aromatic heterocycles. The van der Waals surface area contributed by atoms with Gasteiger partial charge in [0, 0.05) is 35.9 Å². The zero-order chi connectivity index (χ0) is 22.0. The number of hydrogen-bond acceptors (Lipinski definition) is 5. The molecule has 0 radical (unpaired) electrons. The van der Waals surface area contributed by atoms with Crippen LogP contribution in [0.5, 0.6) is 11.5 Å². The highest BCUT2D eigenvalue weighted by molar-refractivity contribution is 7.80. The van der Waals surface area contributed by atoms with E-state index in [2.05, 4.69) is 16.4 Å². The maximum Gasteiger partial charge on any atom is 0.253 e. The first-order valence-corrected chi connectivity index (χ1v) is 10.5. The van der Waals surface area contributed by atoms with E-state index in [9.17, 15) is 9.90 Å². The van der Waals surface area contributed by atoms with Crippen molar-refractivity contribution in [2.75, 3.05) is 25.3 Å². The Bertz CT molecular complexity index is 1190. The number of pyridine rings is 1. The molecular formula is C23H25N3O4S. The number of anilines is 1. The lowest BCUT2D eigenvalue weighted by Gasteiger charge is -2.26. The number of thiocarbonyl (C=S) groups is 1. The predicted octanol–water partition coefficient (Wildman–Crippen LogP) is 3.46. The third kappa shape index (κ3) is 4.65. The van der Waals surface area contributed by atoms with Crippen LogP contribution in [0.4, 0.5) is 5.69 Å². The molecular weight excluding hydrogens is 414 g/mol. The van der Waals surface area contributed by atoms with Gasteiger partial charge in [-0.05, 0) is 56.2 Å². The largest absolute Gasteiger partial charge is 0.454 e. The predicted molar refractivity (Wildman–Crippen MR) is 125 cm³/mol. The minimum atomic E-state index is -0.185. The summed E-state index contributed by atoms with van der Waals surface area (Å²) < 4.78 is 10.8. The lowest BCUT2D eigenvalue weighted by Crippen LogP contribution is -2.37. The van der Waals surface area contributed by atoms with E-state index in [0.29, 0.717) is 47.2 Å². The van der Waals surface area contributed by atoms with Gasteiger partial charge < -0.3 is 29.8 Å². The molecule has 0 bridgehead atoms. The van der Waals surface area contributed by atoms with E-state index in [1.165, 1.54) is 5.56 Å². The number of aromatic nitrogens is 1. The molecule has 0 fully saturated rings. The number of aryl methyl sites for hydroxylation is 2. The Hall–Kier alpha value is -3.10. The van der Waals surface area contributed by atoms with Gasteiger partial charge in [-0.1, -0.05) is 17.7 Å². The van der Waals surface area contributed by atoms with Crippen LogP contribution in [0, 0.1) is 13.8 Å². The van der Waals surface area contributed by atoms with Crippen molar-refractivity contribution in [1.82, 2.24) is 9.88 Å². The molecule has 4 rings (SSSR count). The van der Waals surface area contributed by atoms with Crippen LogP contribution in [0.2, 0.25) is 0 Å². The van der Waals surface area contributed by atoms with E-state index in [1.807, 2.05) is 43.0 Å². The standard InChI is InChI=1S/C23H25N3O4S/c1-14-4-5-18(15(2)8-14)25-23(31)26(6-3-7-27)12-17-9-16-10-20-21(30-13-29-20)11-19(16)24-22(17)28/h4-5,8-11,27H,3,6-7,12-13H2,1-2H3,(H,24,28)(H,25,31). The maximum atomic E-state index is 12.7. The monoisotopic (exact) mass is 439 g/mol. The lowest BCUT2D eigenvalue weighted by molar-refractivity contribution is 0.174. The lowest BCUT2D eigenvalue weighted by atomic mass is 10.1. The number of ether oxygens (including phenoxy) is 2. The van der Waals surface area contributed by atoms with Crippen LogP contribution >= 0.6 is 12.2 Å². The van der Waals surface area contributed by atoms with Crippen molar-refractivity contribution < 1.29 is 14.6 Å². The molecule has 0 aliphatic carbocycles. The van der Waals surface area contributed by atoms with E-state index in [4.69, 9.17) is 21.7 Å². The van der Waals surface area contributed by atoms with Crippen molar-refractivity contribution in [3.8, 4) is 11.5 Å². The molecule has 1 aliphatic rings. The minimum absolute atomic E-state index is 0.0419. The average molecular weight is 440 g/mol. The number of hydrogen-bond donors (Lipinski definition) is 3. The number of rotatable bonds is 6. The van der Waals surface area contributed by atoms with Gasteiger partial charge in [0.2, 0.25) is 6.79 Å². The Morgan fingerprint density at radius 3 is 2.71 bits per heavy atom. The van der Waals surface area contributed by atoms with Crippen molar-refractivity contribution in [2.45, 2.75) is 26.8 Å². The number of nitrogens with one attached hydrogen (secondary N) is 2. The second-order valence-electron chi connectivity index (χ2n) is 7.66. The normalized spacial score (nSPS) is 12.2. The number of nitrogens with zero attached hydrogens (tertiary/aromatic N) is 1. The zero-order valence-electron chi connectivity index (χ0n) is 17.5. The second kappa shape index (κ2) is 8.95. The number of aromatic amines is 1. The molecule has 7 nitrogen and oxygen atoms in total. The quantitative estimate of drug-likeness (QED) is 0.507. The van der Waals surface area contributed by atoms with Gasteiger partial charge in [-0.2, -0.15) is 0 Å². The fourth-order valence-electron chi connectivity index (χ4n) is 3.63. The first-order valence-electron chi connectivity index (χ1n) is 10.1. The summed E-state index contributed by atoms with van der Waals surface area (Å²) in [5.74, 6) is 1.29. The van der Waals surface area contributed by atoms with Crippen LogP contribution < -0.4 is 20.3 Å². The maximum absolute atomic E-state index is 12.7. The molecule has 2 aromatic carbocycles. The molecule has 3 aromatic rings. The van der Waals surface area contributed by atoms with Crippen LogP contribution in [-0.4, -0.2) is 40.0 Å². The van der Waals surface area contributed by atoms with E-state index >= 15 is 0 Å². The van der Waals surface area contributed by atoms with Crippen LogP contribution in [0.25, 0.3) is 10.9 Å². The highest BCUT2D eigenvalue weighted by atomic mass is 32.1. The first-order chi connectivity index (χ1) is 14.9. The van der Waals surface area contributed by atoms with Gasteiger partial charge in [-0.15, -0.1) is 0 Å². The third-order valence-corrected chi connectivity index (χ3v) is 5.63. The van der Waals surface area contributed by atoms with Crippen LogP contribution in [-0.2, 0) is 6.54 Å². The van der Waals surface area contributed by atoms with E-state index in [1.54, 1.807) is 6.07 Å². The van der Waals surface area contributed by atoms with Crippen molar-refractivity contribution in [3.05, 3.63) is 63.4 Å². The Morgan fingerprint density at radius 1 is 1.19 bits per heavy atom. The molecule has 0 spiro atoms. The third-order valence-electron chi connectivity index (χ3n) is 5.27. The van der Waals surface area contributed by atoms with Crippen LogP contribution in [0.15, 0.2) is 41.2 Å². The smallest absolute Gasteiger partial charge is 0.253 e. The van der Waals surface area contributed by atoms with Crippen molar-refractivity contribution in [3.63, 3.8) is 0 Å².